The number of hydrogen-bond acceptors (Lipinski definition) is 6. The molecule has 0 aromatic carbocycles. The Balaban J connectivity index is 2.86. The van der Waals surface area contributed by atoms with Gasteiger partial charge in [-0.1, -0.05) is 11.8 Å². The SMILES string of the molecule is O=C=NC1(N=C=O)CSCS1. The minimum Gasteiger partial charge on any atom is -0.211 e. The van der Waals surface area contributed by atoms with Crippen LogP contribution in [0, 0.1) is 0 Å². The van der Waals surface area contributed by atoms with Gasteiger partial charge in [0.25, 0.3) is 0 Å². The van der Waals surface area contributed by atoms with Crippen LogP contribution in [0.15, 0.2) is 9.98 Å². The summed E-state index contributed by atoms with van der Waals surface area (Å²) in [5.41, 5.74) is 0. The first-order chi connectivity index (χ1) is 5.33. The maximum Gasteiger partial charge on any atom is 0.238 e. The van der Waals surface area contributed by atoms with Crippen molar-refractivity contribution in [1.29, 1.82) is 0 Å². The van der Waals surface area contributed by atoms with E-state index in [1.807, 2.05) is 0 Å². The summed E-state index contributed by atoms with van der Waals surface area (Å²) in [7, 11) is 0. The molecule has 1 fully saturated rings. The standard InChI is InChI=1S/C5H4N2O2S2/c8-2-6-5(7-3-9)1-10-4-11-5/h1,4H2. The number of thioether (sulfide) groups is 2. The maximum absolute atomic E-state index is 9.94. The van der Waals surface area contributed by atoms with Crippen LogP contribution in [0.1, 0.15) is 0 Å². The van der Waals surface area contributed by atoms with Gasteiger partial charge in [0.2, 0.25) is 17.2 Å². The molecule has 0 atom stereocenters. The molecule has 11 heavy (non-hydrogen) atoms. The Morgan fingerprint density at radius 2 is 1.91 bits per heavy atom. The third-order valence-electron chi connectivity index (χ3n) is 1.10. The Labute approximate surface area is 71.6 Å². The molecule has 1 rings (SSSR count). The second-order valence-electron chi connectivity index (χ2n) is 1.76. The van der Waals surface area contributed by atoms with Crippen molar-refractivity contribution < 1.29 is 9.59 Å². The highest BCUT2D eigenvalue weighted by Crippen LogP contribution is 2.41. The molecule has 0 spiro atoms. The lowest BCUT2D eigenvalue weighted by atomic mass is 10.6. The normalized spacial score (nSPS) is 28.7. The monoisotopic (exact) mass is 188 g/mol. The fraction of sp³-hybridized carbons (Fsp3) is 0.600. The van der Waals surface area contributed by atoms with Gasteiger partial charge in [0.05, 0.1) is 5.75 Å². The second-order valence-corrected chi connectivity index (χ2v) is 4.34. The zero-order valence-electron chi connectivity index (χ0n) is 5.44. The van der Waals surface area contributed by atoms with Gasteiger partial charge >= 0.3 is 0 Å². The lowest BCUT2D eigenvalue weighted by Gasteiger charge is -2.10. The largest absolute Gasteiger partial charge is 0.238 e. The lowest BCUT2D eigenvalue weighted by Crippen LogP contribution is -2.17. The van der Waals surface area contributed by atoms with Gasteiger partial charge < -0.3 is 0 Å². The molecule has 58 valence electrons. The van der Waals surface area contributed by atoms with Crippen molar-refractivity contribution >= 4 is 35.7 Å². The van der Waals surface area contributed by atoms with Gasteiger partial charge in [-0.2, -0.15) is 9.98 Å². The highest BCUT2D eigenvalue weighted by Gasteiger charge is 2.35. The quantitative estimate of drug-likeness (QED) is 0.474. The minimum absolute atomic E-state index is 0.544. The van der Waals surface area contributed by atoms with Gasteiger partial charge in [0, 0.05) is 5.08 Å². The summed E-state index contributed by atoms with van der Waals surface area (Å²) >= 11 is 2.92. The molecule has 1 aliphatic rings. The Morgan fingerprint density at radius 1 is 1.27 bits per heavy atom. The van der Waals surface area contributed by atoms with Gasteiger partial charge in [0.1, 0.15) is 0 Å². The van der Waals surface area contributed by atoms with Gasteiger partial charge in [-0.15, -0.1) is 11.8 Å². The van der Waals surface area contributed by atoms with Crippen molar-refractivity contribution in [2.75, 3.05) is 10.8 Å². The second kappa shape index (κ2) is 3.74. The fourth-order valence-electron chi connectivity index (χ4n) is 0.649. The van der Waals surface area contributed by atoms with Crippen molar-refractivity contribution in [1.82, 2.24) is 0 Å². The third-order valence-corrected chi connectivity index (χ3v) is 3.82. The van der Waals surface area contributed by atoms with Crippen molar-refractivity contribution in [3.05, 3.63) is 0 Å². The van der Waals surface area contributed by atoms with Crippen LogP contribution >= 0.6 is 23.5 Å². The number of hydrogen-bond donors (Lipinski definition) is 0. The predicted molar refractivity (Wildman–Crippen MR) is 43.9 cm³/mol. The summed E-state index contributed by atoms with van der Waals surface area (Å²) in [4.78, 5) is 25.9. The molecule has 0 aromatic rings. The smallest absolute Gasteiger partial charge is 0.211 e. The van der Waals surface area contributed by atoms with Crippen LogP contribution in [-0.4, -0.2) is 28.0 Å². The molecule has 0 aliphatic carbocycles. The topological polar surface area (TPSA) is 58.9 Å². The van der Waals surface area contributed by atoms with Crippen LogP contribution in [0.5, 0.6) is 0 Å². The molecule has 4 nitrogen and oxygen atoms in total. The summed E-state index contributed by atoms with van der Waals surface area (Å²) in [5.74, 6) is 0.544. The Bertz CT molecular complexity index is 217. The molecule has 0 saturated carbocycles. The first-order valence-electron chi connectivity index (χ1n) is 2.73. The number of nitrogens with zero attached hydrogens (tertiary/aromatic N) is 2. The first-order valence-corrected chi connectivity index (χ1v) is 4.87. The Hall–Kier alpha value is -0.540. The molecule has 1 aliphatic heterocycles. The number of isocyanates is 2. The Morgan fingerprint density at radius 3 is 2.27 bits per heavy atom. The molecule has 0 amide bonds. The highest BCUT2D eigenvalue weighted by atomic mass is 32.2. The van der Waals surface area contributed by atoms with Crippen molar-refractivity contribution in [2.45, 2.75) is 4.99 Å². The predicted octanol–water partition coefficient (Wildman–Crippen LogP) is 0.749. The summed E-state index contributed by atoms with van der Waals surface area (Å²) in [6.07, 6.45) is 2.81. The van der Waals surface area contributed by atoms with Crippen molar-refractivity contribution in [3.63, 3.8) is 0 Å². The molecule has 6 heteroatoms. The summed E-state index contributed by atoms with van der Waals surface area (Å²) in [6, 6.07) is 0. The van der Waals surface area contributed by atoms with Gasteiger partial charge in [0.15, 0.2) is 0 Å². The average molecular weight is 188 g/mol. The summed E-state index contributed by atoms with van der Waals surface area (Å²) in [5, 5.41) is 0.788. The molecule has 0 aromatic heterocycles. The molecule has 0 bridgehead atoms. The highest BCUT2D eigenvalue weighted by molar-refractivity contribution is 8.19. The molecule has 0 N–H and O–H groups in total. The molecule has 1 heterocycles. The van der Waals surface area contributed by atoms with Crippen LogP contribution in [0.4, 0.5) is 0 Å². The van der Waals surface area contributed by atoms with E-state index in [0.29, 0.717) is 5.75 Å². The summed E-state index contributed by atoms with van der Waals surface area (Å²) < 4.78 is 0. The number of rotatable bonds is 2. The van der Waals surface area contributed by atoms with Crippen LogP contribution in [0.2, 0.25) is 0 Å². The van der Waals surface area contributed by atoms with Crippen LogP contribution < -0.4 is 0 Å². The van der Waals surface area contributed by atoms with E-state index in [4.69, 9.17) is 0 Å². The number of aliphatic imine (C=N–C) groups is 2. The zero-order chi connectivity index (χ0) is 8.16. The van der Waals surface area contributed by atoms with Gasteiger partial charge in [-0.3, -0.25) is 0 Å². The molecular formula is C5H4N2O2S2. The van der Waals surface area contributed by atoms with E-state index in [2.05, 4.69) is 9.98 Å². The van der Waals surface area contributed by atoms with Gasteiger partial charge in [-0.25, -0.2) is 9.59 Å². The van der Waals surface area contributed by atoms with Crippen LogP contribution in [-0.2, 0) is 9.59 Å². The fourth-order valence-corrected chi connectivity index (χ4v) is 3.25. The lowest BCUT2D eigenvalue weighted by molar-refractivity contribution is 0.549. The van der Waals surface area contributed by atoms with Crippen molar-refractivity contribution in [2.24, 2.45) is 9.98 Å². The molecule has 0 unspecified atom stereocenters. The maximum atomic E-state index is 9.94. The molecule has 0 radical (unpaired) electrons. The van der Waals surface area contributed by atoms with E-state index in [9.17, 15) is 9.59 Å². The van der Waals surface area contributed by atoms with Crippen molar-refractivity contribution in [3.8, 4) is 0 Å². The number of carbonyl (C=O) groups excluding carboxylic acids is 2. The average Bonchev–Trinajstić information content (AvgIpc) is 2.39. The summed E-state index contributed by atoms with van der Waals surface area (Å²) in [6.45, 7) is 0. The molecular weight excluding hydrogens is 184 g/mol. The van der Waals surface area contributed by atoms with E-state index < -0.39 is 4.99 Å². The zero-order valence-corrected chi connectivity index (χ0v) is 7.07. The van der Waals surface area contributed by atoms with E-state index in [0.717, 1.165) is 5.08 Å². The van der Waals surface area contributed by atoms with E-state index in [1.165, 1.54) is 23.9 Å². The van der Waals surface area contributed by atoms with E-state index >= 15 is 0 Å². The Kier molecular flexibility index (Phi) is 2.91. The third kappa shape index (κ3) is 1.94. The van der Waals surface area contributed by atoms with E-state index in [-0.39, 0.29) is 0 Å². The first kappa shape index (κ1) is 8.56. The van der Waals surface area contributed by atoms with E-state index in [1.54, 1.807) is 11.8 Å². The van der Waals surface area contributed by atoms with Crippen LogP contribution in [0.3, 0.4) is 0 Å². The molecule has 1 saturated heterocycles. The van der Waals surface area contributed by atoms with Gasteiger partial charge in [-0.05, 0) is 0 Å². The van der Waals surface area contributed by atoms with Crippen LogP contribution in [0.25, 0.3) is 0 Å². The minimum atomic E-state index is -0.922.